The number of carbonyl (C=O) groups is 1. The van der Waals surface area contributed by atoms with Crippen molar-refractivity contribution in [2.45, 2.75) is 25.7 Å². The maximum absolute atomic E-state index is 12.3. The summed E-state index contributed by atoms with van der Waals surface area (Å²) in [6, 6.07) is 24.3. The lowest BCUT2D eigenvalue weighted by Crippen LogP contribution is -2.11. The zero-order valence-electron chi connectivity index (χ0n) is 18.8. The third-order valence-electron chi connectivity index (χ3n) is 5.15. The van der Waals surface area contributed by atoms with E-state index in [4.69, 9.17) is 20.6 Å². The zero-order valence-corrected chi connectivity index (χ0v) is 18.8. The van der Waals surface area contributed by atoms with Crippen molar-refractivity contribution in [1.29, 1.82) is 5.41 Å². The molecule has 0 saturated carbocycles. The van der Waals surface area contributed by atoms with Crippen LogP contribution in [0.3, 0.4) is 0 Å². The number of ether oxygens (including phenoxy) is 2. The number of nitrogen functional groups attached to an aromatic ring is 1. The van der Waals surface area contributed by atoms with E-state index in [9.17, 15) is 4.79 Å². The van der Waals surface area contributed by atoms with Crippen LogP contribution in [0, 0.1) is 5.41 Å². The lowest BCUT2D eigenvalue weighted by atomic mass is 10.1. The minimum Gasteiger partial charge on any atom is -0.494 e. The number of para-hydroxylation sites is 1. The van der Waals surface area contributed by atoms with Crippen molar-refractivity contribution >= 4 is 17.4 Å². The van der Waals surface area contributed by atoms with Gasteiger partial charge in [-0.3, -0.25) is 10.2 Å². The summed E-state index contributed by atoms with van der Waals surface area (Å²) in [5, 5.41) is 10.3. The highest BCUT2D eigenvalue weighted by molar-refractivity contribution is 6.04. The van der Waals surface area contributed by atoms with E-state index < -0.39 is 0 Å². The van der Waals surface area contributed by atoms with Crippen molar-refractivity contribution < 1.29 is 14.3 Å². The average molecular weight is 446 g/mol. The summed E-state index contributed by atoms with van der Waals surface area (Å²) in [6.07, 6.45) is 3.81. The molecule has 3 aromatic rings. The van der Waals surface area contributed by atoms with Crippen LogP contribution in [0.2, 0.25) is 0 Å². The summed E-state index contributed by atoms with van der Waals surface area (Å²) < 4.78 is 11.4. The standard InChI is InChI=1S/C27H31N3O3/c28-26(29)22-13-15-25(16-14-22)33-19-6-2-5-18-32-20-17-21-9-11-23(12-10-21)27(31)30-24-7-3-1-4-8-24/h1,3-4,7-16H,2,5-6,17-20H2,(H3,28,29)(H,30,31). The molecule has 0 spiro atoms. The summed E-state index contributed by atoms with van der Waals surface area (Å²) in [4.78, 5) is 12.3. The Morgan fingerprint density at radius 3 is 2.15 bits per heavy atom. The number of amidine groups is 1. The number of hydrogen-bond acceptors (Lipinski definition) is 4. The van der Waals surface area contributed by atoms with Crippen molar-refractivity contribution in [3.8, 4) is 5.75 Å². The fourth-order valence-electron chi connectivity index (χ4n) is 3.24. The van der Waals surface area contributed by atoms with E-state index in [1.165, 1.54) is 0 Å². The molecule has 0 fully saturated rings. The Morgan fingerprint density at radius 2 is 1.45 bits per heavy atom. The first kappa shape index (κ1) is 24.0. The van der Waals surface area contributed by atoms with Crippen LogP contribution < -0.4 is 15.8 Å². The summed E-state index contributed by atoms with van der Waals surface area (Å²) in [5.41, 5.74) is 8.72. The van der Waals surface area contributed by atoms with Gasteiger partial charge in [0, 0.05) is 23.4 Å². The molecule has 172 valence electrons. The Morgan fingerprint density at radius 1 is 0.788 bits per heavy atom. The second kappa shape index (κ2) is 13.0. The highest BCUT2D eigenvalue weighted by atomic mass is 16.5. The number of unbranched alkanes of at least 4 members (excludes halogenated alkanes) is 2. The van der Waals surface area contributed by atoms with Gasteiger partial charge in [-0.15, -0.1) is 0 Å². The van der Waals surface area contributed by atoms with Crippen molar-refractivity contribution in [3.63, 3.8) is 0 Å². The number of nitrogens with one attached hydrogen (secondary N) is 2. The monoisotopic (exact) mass is 445 g/mol. The molecule has 3 aromatic carbocycles. The van der Waals surface area contributed by atoms with Gasteiger partial charge in [0.1, 0.15) is 11.6 Å². The number of benzene rings is 3. The first-order valence-corrected chi connectivity index (χ1v) is 11.2. The van der Waals surface area contributed by atoms with Crippen LogP contribution in [0.1, 0.15) is 40.7 Å². The van der Waals surface area contributed by atoms with Crippen molar-refractivity contribution in [2.75, 3.05) is 25.1 Å². The molecule has 0 heterocycles. The topological polar surface area (TPSA) is 97.4 Å². The van der Waals surface area contributed by atoms with Gasteiger partial charge in [-0.1, -0.05) is 30.3 Å². The van der Waals surface area contributed by atoms with E-state index in [1.807, 2.05) is 66.7 Å². The molecule has 1 amide bonds. The summed E-state index contributed by atoms with van der Waals surface area (Å²) in [5.74, 6) is 0.741. The zero-order chi connectivity index (χ0) is 23.3. The van der Waals surface area contributed by atoms with Gasteiger partial charge in [0.05, 0.1) is 13.2 Å². The predicted molar refractivity (Wildman–Crippen MR) is 132 cm³/mol. The fraction of sp³-hybridized carbons (Fsp3) is 0.259. The van der Waals surface area contributed by atoms with Gasteiger partial charge in [0.25, 0.3) is 5.91 Å². The van der Waals surface area contributed by atoms with E-state index >= 15 is 0 Å². The van der Waals surface area contributed by atoms with E-state index in [0.717, 1.165) is 49.3 Å². The van der Waals surface area contributed by atoms with E-state index in [-0.39, 0.29) is 11.7 Å². The molecule has 6 heteroatoms. The molecule has 0 atom stereocenters. The average Bonchev–Trinajstić information content (AvgIpc) is 2.84. The van der Waals surface area contributed by atoms with Crippen LogP contribution in [0.25, 0.3) is 0 Å². The molecular formula is C27H31N3O3. The molecular weight excluding hydrogens is 414 g/mol. The second-order valence-electron chi connectivity index (χ2n) is 7.73. The Bertz CT molecular complexity index is 1000. The number of rotatable bonds is 13. The number of amides is 1. The Balaban J connectivity index is 1.23. The number of carbonyl (C=O) groups excluding carboxylic acids is 1. The third kappa shape index (κ3) is 8.43. The molecule has 4 N–H and O–H groups in total. The van der Waals surface area contributed by atoms with Crippen molar-refractivity contribution in [1.82, 2.24) is 0 Å². The smallest absolute Gasteiger partial charge is 0.255 e. The molecule has 0 bridgehead atoms. The summed E-state index contributed by atoms with van der Waals surface area (Å²) in [6.45, 7) is 2.04. The number of hydrogen-bond donors (Lipinski definition) is 3. The minimum atomic E-state index is -0.110. The second-order valence-corrected chi connectivity index (χ2v) is 7.73. The largest absolute Gasteiger partial charge is 0.494 e. The van der Waals surface area contributed by atoms with E-state index in [0.29, 0.717) is 24.3 Å². The van der Waals surface area contributed by atoms with Gasteiger partial charge in [0.2, 0.25) is 0 Å². The summed E-state index contributed by atoms with van der Waals surface area (Å²) in [7, 11) is 0. The van der Waals surface area contributed by atoms with Gasteiger partial charge >= 0.3 is 0 Å². The van der Waals surface area contributed by atoms with Crippen LogP contribution in [0.15, 0.2) is 78.9 Å². The van der Waals surface area contributed by atoms with Gasteiger partial charge in [-0.25, -0.2) is 0 Å². The van der Waals surface area contributed by atoms with Crippen LogP contribution in [-0.4, -0.2) is 31.6 Å². The van der Waals surface area contributed by atoms with Crippen LogP contribution in [0.4, 0.5) is 5.69 Å². The molecule has 0 aromatic heterocycles. The first-order chi connectivity index (χ1) is 16.1. The lowest BCUT2D eigenvalue weighted by Gasteiger charge is -2.08. The molecule has 0 aliphatic carbocycles. The van der Waals surface area contributed by atoms with Crippen molar-refractivity contribution in [3.05, 3.63) is 95.6 Å². The van der Waals surface area contributed by atoms with E-state index in [1.54, 1.807) is 12.1 Å². The highest BCUT2D eigenvalue weighted by Gasteiger charge is 2.06. The molecule has 33 heavy (non-hydrogen) atoms. The van der Waals surface area contributed by atoms with Crippen LogP contribution in [0.5, 0.6) is 5.75 Å². The first-order valence-electron chi connectivity index (χ1n) is 11.2. The number of nitrogens with two attached hydrogens (primary N) is 1. The highest BCUT2D eigenvalue weighted by Crippen LogP contribution is 2.13. The fourth-order valence-corrected chi connectivity index (χ4v) is 3.24. The van der Waals surface area contributed by atoms with Crippen LogP contribution >= 0.6 is 0 Å². The molecule has 0 unspecified atom stereocenters. The normalized spacial score (nSPS) is 10.5. The summed E-state index contributed by atoms with van der Waals surface area (Å²) >= 11 is 0. The molecule has 0 aliphatic rings. The molecule has 6 nitrogen and oxygen atoms in total. The maximum Gasteiger partial charge on any atom is 0.255 e. The third-order valence-corrected chi connectivity index (χ3v) is 5.15. The molecule has 0 saturated heterocycles. The van der Waals surface area contributed by atoms with Gasteiger partial charge in [-0.05, 0) is 79.8 Å². The minimum absolute atomic E-state index is 0.0600. The Kier molecular flexibility index (Phi) is 9.48. The number of anilines is 1. The molecule has 0 aliphatic heterocycles. The SMILES string of the molecule is N=C(N)c1ccc(OCCCCCOCCc2ccc(C(=O)Nc3ccccc3)cc2)cc1. The van der Waals surface area contributed by atoms with Gasteiger partial charge in [-0.2, -0.15) is 0 Å². The molecule has 3 rings (SSSR count). The van der Waals surface area contributed by atoms with Gasteiger partial charge in [0.15, 0.2) is 0 Å². The van der Waals surface area contributed by atoms with Gasteiger partial charge < -0.3 is 20.5 Å². The van der Waals surface area contributed by atoms with Crippen molar-refractivity contribution in [2.24, 2.45) is 5.73 Å². The quantitative estimate of drug-likeness (QED) is 0.195. The molecule has 0 radical (unpaired) electrons. The Hall–Kier alpha value is -3.64. The van der Waals surface area contributed by atoms with E-state index in [2.05, 4.69) is 5.32 Å². The lowest BCUT2D eigenvalue weighted by molar-refractivity contribution is 0.102. The Labute approximate surface area is 195 Å². The van der Waals surface area contributed by atoms with Crippen LogP contribution in [-0.2, 0) is 11.2 Å². The predicted octanol–water partition coefficient (Wildman–Crippen LogP) is 5.03. The maximum atomic E-state index is 12.3.